The molecule has 4 rings (SSSR count). The molecule has 0 aliphatic carbocycles. The molecule has 3 aromatic rings. The van der Waals surface area contributed by atoms with Gasteiger partial charge in [-0.25, -0.2) is 4.98 Å². The van der Waals surface area contributed by atoms with Crippen LogP contribution < -0.4 is 5.32 Å². The molecule has 0 saturated carbocycles. The second-order valence-electron chi connectivity index (χ2n) is 5.28. The lowest BCUT2D eigenvalue weighted by atomic mass is 9.90. The molecule has 0 radical (unpaired) electrons. The number of aromatic nitrogens is 3. The van der Waals surface area contributed by atoms with Crippen LogP contribution in [0.3, 0.4) is 0 Å². The number of nitrogens with zero attached hydrogens (tertiary/aromatic N) is 3. The third-order valence-electron chi connectivity index (χ3n) is 4.12. The summed E-state index contributed by atoms with van der Waals surface area (Å²) in [6.07, 6.45) is 3.68. The number of pyridine rings is 1. The summed E-state index contributed by atoms with van der Waals surface area (Å²) in [5, 5.41) is 3.49. The van der Waals surface area contributed by atoms with Gasteiger partial charge < -0.3 is 9.88 Å². The molecule has 4 heteroatoms. The van der Waals surface area contributed by atoms with Gasteiger partial charge in [-0.15, -0.1) is 0 Å². The highest BCUT2D eigenvalue weighted by Crippen LogP contribution is 2.30. The molecule has 1 aliphatic rings. The predicted octanol–water partition coefficient (Wildman–Crippen LogP) is 2.20. The highest BCUT2D eigenvalue weighted by Gasteiger charge is 2.25. The maximum Gasteiger partial charge on any atom is 0.118 e. The summed E-state index contributed by atoms with van der Waals surface area (Å²) in [5.74, 6) is 1.41. The van der Waals surface area contributed by atoms with Crippen molar-refractivity contribution in [1.29, 1.82) is 0 Å². The van der Waals surface area contributed by atoms with Gasteiger partial charge in [-0.3, -0.25) is 4.98 Å². The number of nitrogens with one attached hydrogen (secondary N) is 1. The molecule has 2 aromatic heterocycles. The van der Waals surface area contributed by atoms with E-state index >= 15 is 0 Å². The molecule has 1 unspecified atom stereocenters. The first kappa shape index (κ1) is 11.6. The number of imidazole rings is 1. The van der Waals surface area contributed by atoms with Gasteiger partial charge in [-0.05, 0) is 17.2 Å². The molecule has 1 N–H and O–H groups in total. The van der Waals surface area contributed by atoms with Crippen molar-refractivity contribution < 1.29 is 0 Å². The second-order valence-corrected chi connectivity index (χ2v) is 5.28. The number of aryl methyl sites for hydroxylation is 1. The normalized spacial score (nSPS) is 18.1. The SMILES string of the molecule is Cn1c(C2CNCc3ccccc32)nc2ccncc21. The summed E-state index contributed by atoms with van der Waals surface area (Å²) >= 11 is 0. The number of benzene rings is 1. The maximum absolute atomic E-state index is 4.82. The van der Waals surface area contributed by atoms with Gasteiger partial charge in [0.25, 0.3) is 0 Å². The lowest BCUT2D eigenvalue weighted by Gasteiger charge is -2.26. The van der Waals surface area contributed by atoms with Crippen molar-refractivity contribution in [2.45, 2.75) is 12.5 Å². The number of hydrogen-bond acceptors (Lipinski definition) is 3. The van der Waals surface area contributed by atoms with Crippen LogP contribution in [0.4, 0.5) is 0 Å². The van der Waals surface area contributed by atoms with E-state index in [1.54, 1.807) is 6.20 Å². The van der Waals surface area contributed by atoms with Crippen LogP contribution in [0, 0.1) is 0 Å². The molecule has 3 heterocycles. The van der Waals surface area contributed by atoms with Crippen LogP contribution in [0.1, 0.15) is 22.9 Å². The van der Waals surface area contributed by atoms with E-state index in [0.717, 1.165) is 29.9 Å². The lowest BCUT2D eigenvalue weighted by molar-refractivity contribution is 0.562. The zero-order chi connectivity index (χ0) is 13.5. The number of hydrogen-bond donors (Lipinski definition) is 1. The van der Waals surface area contributed by atoms with E-state index < -0.39 is 0 Å². The molecule has 0 bridgehead atoms. The van der Waals surface area contributed by atoms with E-state index in [0.29, 0.717) is 5.92 Å². The molecule has 1 atom stereocenters. The monoisotopic (exact) mass is 264 g/mol. The van der Waals surface area contributed by atoms with E-state index in [1.165, 1.54) is 11.1 Å². The van der Waals surface area contributed by atoms with E-state index in [4.69, 9.17) is 4.98 Å². The predicted molar refractivity (Wildman–Crippen MR) is 78.5 cm³/mol. The van der Waals surface area contributed by atoms with Crippen LogP contribution in [0.15, 0.2) is 42.7 Å². The van der Waals surface area contributed by atoms with E-state index in [2.05, 4.69) is 46.2 Å². The highest BCUT2D eigenvalue weighted by molar-refractivity contribution is 5.74. The van der Waals surface area contributed by atoms with Crippen molar-refractivity contribution in [3.05, 3.63) is 59.7 Å². The second kappa shape index (κ2) is 4.42. The molecular formula is C16H16N4. The van der Waals surface area contributed by atoms with Crippen LogP contribution in [0.2, 0.25) is 0 Å². The topological polar surface area (TPSA) is 42.7 Å². The summed E-state index contributed by atoms with van der Waals surface area (Å²) < 4.78 is 2.16. The Kier molecular flexibility index (Phi) is 2.57. The van der Waals surface area contributed by atoms with Gasteiger partial charge in [0, 0.05) is 26.3 Å². The summed E-state index contributed by atoms with van der Waals surface area (Å²) in [7, 11) is 2.07. The van der Waals surface area contributed by atoms with Crippen molar-refractivity contribution >= 4 is 11.0 Å². The molecular weight excluding hydrogens is 248 g/mol. The Morgan fingerprint density at radius 2 is 2.15 bits per heavy atom. The van der Waals surface area contributed by atoms with Crippen molar-refractivity contribution in [2.75, 3.05) is 6.54 Å². The smallest absolute Gasteiger partial charge is 0.118 e. The molecule has 0 spiro atoms. The fraction of sp³-hybridized carbons (Fsp3) is 0.250. The average molecular weight is 264 g/mol. The fourth-order valence-electron chi connectivity index (χ4n) is 3.09. The Bertz CT molecular complexity index is 775. The zero-order valence-electron chi connectivity index (χ0n) is 11.4. The highest BCUT2D eigenvalue weighted by atomic mass is 15.1. The van der Waals surface area contributed by atoms with E-state index in [1.807, 2.05) is 12.3 Å². The molecule has 20 heavy (non-hydrogen) atoms. The summed E-state index contributed by atoms with van der Waals surface area (Å²) in [6.45, 7) is 1.87. The minimum absolute atomic E-state index is 0.303. The largest absolute Gasteiger partial charge is 0.329 e. The third-order valence-corrected chi connectivity index (χ3v) is 4.12. The summed E-state index contributed by atoms with van der Waals surface area (Å²) in [6, 6.07) is 10.6. The van der Waals surface area contributed by atoms with Gasteiger partial charge in [-0.1, -0.05) is 24.3 Å². The van der Waals surface area contributed by atoms with Gasteiger partial charge in [0.05, 0.1) is 23.1 Å². The average Bonchev–Trinajstić information content (AvgIpc) is 2.84. The first-order valence-corrected chi connectivity index (χ1v) is 6.89. The minimum atomic E-state index is 0.303. The van der Waals surface area contributed by atoms with Gasteiger partial charge in [0.2, 0.25) is 0 Å². The Hall–Kier alpha value is -2.20. The van der Waals surface area contributed by atoms with Crippen molar-refractivity contribution in [2.24, 2.45) is 7.05 Å². The maximum atomic E-state index is 4.82. The van der Waals surface area contributed by atoms with Crippen molar-refractivity contribution in [3.63, 3.8) is 0 Å². The first-order chi connectivity index (χ1) is 9.84. The Labute approximate surface area is 117 Å². The molecule has 0 saturated heterocycles. The minimum Gasteiger partial charge on any atom is -0.329 e. The van der Waals surface area contributed by atoms with Gasteiger partial charge >= 0.3 is 0 Å². The van der Waals surface area contributed by atoms with Crippen LogP contribution in [0.5, 0.6) is 0 Å². The van der Waals surface area contributed by atoms with Gasteiger partial charge in [0.1, 0.15) is 5.82 Å². The first-order valence-electron chi connectivity index (χ1n) is 6.89. The zero-order valence-corrected chi connectivity index (χ0v) is 11.4. The number of rotatable bonds is 1. The molecule has 1 aromatic carbocycles. The van der Waals surface area contributed by atoms with Crippen molar-refractivity contribution in [1.82, 2.24) is 19.9 Å². The standard InChI is InChI=1S/C16H16N4/c1-20-15-10-17-7-6-14(15)19-16(20)13-9-18-8-11-4-2-3-5-12(11)13/h2-7,10,13,18H,8-9H2,1H3. The molecule has 1 aliphatic heterocycles. The van der Waals surface area contributed by atoms with Crippen LogP contribution in [-0.4, -0.2) is 21.1 Å². The molecule has 0 amide bonds. The Morgan fingerprint density at radius 1 is 1.25 bits per heavy atom. The third kappa shape index (κ3) is 1.65. The van der Waals surface area contributed by atoms with Crippen LogP contribution >= 0.6 is 0 Å². The van der Waals surface area contributed by atoms with Gasteiger partial charge in [0.15, 0.2) is 0 Å². The Balaban J connectivity index is 1.90. The Morgan fingerprint density at radius 3 is 3.05 bits per heavy atom. The van der Waals surface area contributed by atoms with Crippen molar-refractivity contribution in [3.8, 4) is 0 Å². The fourth-order valence-corrected chi connectivity index (χ4v) is 3.09. The van der Waals surface area contributed by atoms with E-state index in [9.17, 15) is 0 Å². The molecule has 0 fully saturated rings. The molecule has 4 nitrogen and oxygen atoms in total. The number of fused-ring (bicyclic) bond motifs is 2. The van der Waals surface area contributed by atoms with E-state index in [-0.39, 0.29) is 0 Å². The summed E-state index contributed by atoms with van der Waals surface area (Å²) in [5.41, 5.74) is 4.86. The van der Waals surface area contributed by atoms with Gasteiger partial charge in [-0.2, -0.15) is 0 Å². The molecule has 100 valence electrons. The van der Waals surface area contributed by atoms with Crippen LogP contribution in [-0.2, 0) is 13.6 Å². The quantitative estimate of drug-likeness (QED) is 0.732. The van der Waals surface area contributed by atoms with Crippen LogP contribution in [0.25, 0.3) is 11.0 Å². The lowest BCUT2D eigenvalue weighted by Crippen LogP contribution is -2.30. The summed E-state index contributed by atoms with van der Waals surface area (Å²) in [4.78, 5) is 9.02.